The number of aromatic nitrogens is 1. The Morgan fingerprint density at radius 2 is 2.06 bits per heavy atom. The van der Waals surface area contributed by atoms with Crippen LogP contribution in [0.5, 0.6) is 0 Å². The van der Waals surface area contributed by atoms with E-state index in [1.165, 1.54) is 0 Å². The molecule has 1 aromatic heterocycles. The van der Waals surface area contributed by atoms with Gasteiger partial charge in [0.1, 0.15) is 6.26 Å². The van der Waals surface area contributed by atoms with Crippen molar-refractivity contribution < 1.29 is 9.52 Å². The quantitative estimate of drug-likeness (QED) is 0.923. The van der Waals surface area contributed by atoms with Crippen molar-refractivity contribution in [3.05, 3.63) is 41.2 Å². The number of aliphatic hydroxyl groups is 1. The molecule has 0 spiro atoms. The molecule has 3 rings (SSSR count). The summed E-state index contributed by atoms with van der Waals surface area (Å²) >= 11 is 5.83. The van der Waals surface area contributed by atoms with Crippen LogP contribution in [0.1, 0.15) is 5.69 Å². The number of likely N-dealkylation sites (tertiary alicyclic amines) is 1. The predicted octanol–water partition coefficient (Wildman–Crippen LogP) is 2.17. The Morgan fingerprint density at radius 3 is 2.72 bits per heavy atom. The van der Waals surface area contributed by atoms with Gasteiger partial charge >= 0.3 is 0 Å². The molecule has 1 aliphatic heterocycles. The molecule has 18 heavy (non-hydrogen) atoms. The molecule has 2 aromatic rings. The first-order valence-corrected chi connectivity index (χ1v) is 6.19. The van der Waals surface area contributed by atoms with Crippen LogP contribution in [0.25, 0.3) is 11.5 Å². The molecule has 5 heteroatoms. The molecule has 1 aliphatic rings. The van der Waals surface area contributed by atoms with Crippen molar-refractivity contribution in [2.45, 2.75) is 12.6 Å². The molecule has 0 bridgehead atoms. The Kier molecular flexibility index (Phi) is 3.07. The van der Waals surface area contributed by atoms with Crippen LogP contribution in [0.15, 0.2) is 34.9 Å². The molecular formula is C13H13ClN2O2. The van der Waals surface area contributed by atoms with Gasteiger partial charge in [0.05, 0.1) is 11.8 Å². The van der Waals surface area contributed by atoms with Crippen molar-refractivity contribution in [2.24, 2.45) is 0 Å². The van der Waals surface area contributed by atoms with Crippen LogP contribution in [-0.2, 0) is 6.54 Å². The minimum absolute atomic E-state index is 0.187. The van der Waals surface area contributed by atoms with E-state index >= 15 is 0 Å². The molecular weight excluding hydrogens is 252 g/mol. The van der Waals surface area contributed by atoms with Gasteiger partial charge in [-0.05, 0) is 24.3 Å². The molecule has 1 saturated heterocycles. The molecule has 0 amide bonds. The average molecular weight is 265 g/mol. The van der Waals surface area contributed by atoms with E-state index in [1.54, 1.807) is 6.26 Å². The number of aliphatic hydroxyl groups excluding tert-OH is 1. The summed E-state index contributed by atoms with van der Waals surface area (Å²) in [6, 6.07) is 7.38. The van der Waals surface area contributed by atoms with E-state index in [0.29, 0.717) is 30.5 Å². The lowest BCUT2D eigenvalue weighted by Gasteiger charge is -2.34. The largest absolute Gasteiger partial charge is 0.444 e. The number of β-amino-alcohol motifs (C(OH)–C–C–N with tert-alkyl or cyclic N) is 1. The SMILES string of the molecule is OC1CN(Cc2coc(-c3ccc(Cl)cc3)n2)C1. The minimum atomic E-state index is -0.187. The first-order chi connectivity index (χ1) is 8.70. The van der Waals surface area contributed by atoms with Crippen LogP contribution < -0.4 is 0 Å². The molecule has 1 N–H and O–H groups in total. The Bertz CT molecular complexity index is 532. The van der Waals surface area contributed by atoms with Crippen molar-refractivity contribution in [2.75, 3.05) is 13.1 Å². The summed E-state index contributed by atoms with van der Waals surface area (Å²) in [4.78, 5) is 6.54. The number of benzene rings is 1. The van der Waals surface area contributed by atoms with Gasteiger partial charge in [-0.3, -0.25) is 4.90 Å². The van der Waals surface area contributed by atoms with Crippen LogP contribution in [0, 0.1) is 0 Å². The van der Waals surface area contributed by atoms with Crippen LogP contribution in [0.4, 0.5) is 0 Å². The number of hydrogen-bond acceptors (Lipinski definition) is 4. The third kappa shape index (κ3) is 2.41. The maximum Gasteiger partial charge on any atom is 0.226 e. The van der Waals surface area contributed by atoms with Crippen molar-refractivity contribution >= 4 is 11.6 Å². The molecule has 0 aliphatic carbocycles. The molecule has 0 radical (unpaired) electrons. The van der Waals surface area contributed by atoms with E-state index in [9.17, 15) is 5.11 Å². The normalized spacial score (nSPS) is 16.8. The molecule has 1 aromatic carbocycles. The fourth-order valence-electron chi connectivity index (χ4n) is 2.01. The first kappa shape index (κ1) is 11.7. The summed E-state index contributed by atoms with van der Waals surface area (Å²) in [6.07, 6.45) is 1.47. The molecule has 4 nitrogen and oxygen atoms in total. The van der Waals surface area contributed by atoms with Gasteiger partial charge in [-0.25, -0.2) is 4.98 Å². The highest BCUT2D eigenvalue weighted by Crippen LogP contribution is 2.22. The van der Waals surface area contributed by atoms with Gasteiger partial charge in [0.2, 0.25) is 5.89 Å². The lowest BCUT2D eigenvalue weighted by Crippen LogP contribution is -2.49. The lowest BCUT2D eigenvalue weighted by atomic mass is 10.1. The Hall–Kier alpha value is -1.36. The Balaban J connectivity index is 1.71. The van der Waals surface area contributed by atoms with Crippen LogP contribution >= 0.6 is 11.6 Å². The highest BCUT2D eigenvalue weighted by atomic mass is 35.5. The van der Waals surface area contributed by atoms with E-state index in [4.69, 9.17) is 16.0 Å². The van der Waals surface area contributed by atoms with Crippen LogP contribution in [-0.4, -0.2) is 34.2 Å². The number of oxazole rings is 1. The minimum Gasteiger partial charge on any atom is -0.444 e. The van der Waals surface area contributed by atoms with Crippen molar-refractivity contribution in [3.63, 3.8) is 0 Å². The third-order valence-electron chi connectivity index (χ3n) is 2.97. The van der Waals surface area contributed by atoms with Crippen molar-refractivity contribution in [1.29, 1.82) is 0 Å². The number of rotatable bonds is 3. The summed E-state index contributed by atoms with van der Waals surface area (Å²) in [5.74, 6) is 0.600. The Labute approximate surface area is 110 Å². The zero-order valence-corrected chi connectivity index (χ0v) is 10.5. The lowest BCUT2D eigenvalue weighted by molar-refractivity contribution is -0.00355. The fourth-order valence-corrected chi connectivity index (χ4v) is 2.13. The maximum atomic E-state index is 9.21. The van der Waals surface area contributed by atoms with E-state index in [0.717, 1.165) is 11.3 Å². The monoisotopic (exact) mass is 264 g/mol. The highest BCUT2D eigenvalue weighted by Gasteiger charge is 2.24. The first-order valence-electron chi connectivity index (χ1n) is 5.81. The van der Waals surface area contributed by atoms with E-state index in [2.05, 4.69) is 9.88 Å². The zero-order valence-electron chi connectivity index (χ0n) is 9.71. The van der Waals surface area contributed by atoms with Gasteiger partial charge in [0.15, 0.2) is 0 Å². The van der Waals surface area contributed by atoms with E-state index in [-0.39, 0.29) is 6.10 Å². The smallest absolute Gasteiger partial charge is 0.226 e. The zero-order chi connectivity index (χ0) is 12.5. The second-order valence-corrected chi connectivity index (χ2v) is 4.94. The second-order valence-electron chi connectivity index (χ2n) is 4.50. The average Bonchev–Trinajstić information content (AvgIpc) is 2.77. The predicted molar refractivity (Wildman–Crippen MR) is 68.2 cm³/mol. The van der Waals surface area contributed by atoms with Gasteiger partial charge in [-0.1, -0.05) is 11.6 Å². The summed E-state index contributed by atoms with van der Waals surface area (Å²) in [7, 11) is 0. The molecule has 0 saturated carbocycles. The number of hydrogen-bond donors (Lipinski definition) is 1. The number of halogens is 1. The molecule has 1 fully saturated rings. The van der Waals surface area contributed by atoms with Gasteiger partial charge in [0.25, 0.3) is 0 Å². The van der Waals surface area contributed by atoms with E-state index in [1.807, 2.05) is 24.3 Å². The fraction of sp³-hybridized carbons (Fsp3) is 0.308. The topological polar surface area (TPSA) is 49.5 Å². The molecule has 94 valence electrons. The Morgan fingerprint density at radius 1 is 1.33 bits per heavy atom. The van der Waals surface area contributed by atoms with Gasteiger partial charge < -0.3 is 9.52 Å². The van der Waals surface area contributed by atoms with Crippen LogP contribution in [0.3, 0.4) is 0 Å². The summed E-state index contributed by atoms with van der Waals surface area (Å²) in [5.41, 5.74) is 1.79. The van der Waals surface area contributed by atoms with Crippen molar-refractivity contribution in [3.8, 4) is 11.5 Å². The molecule has 0 unspecified atom stereocenters. The standard InChI is InChI=1S/C13H13ClN2O2/c14-10-3-1-9(2-4-10)13-15-11(8-18-13)5-16-6-12(17)7-16/h1-4,8,12,17H,5-7H2. The molecule has 0 atom stereocenters. The highest BCUT2D eigenvalue weighted by molar-refractivity contribution is 6.30. The van der Waals surface area contributed by atoms with Gasteiger partial charge in [-0.15, -0.1) is 0 Å². The van der Waals surface area contributed by atoms with Crippen molar-refractivity contribution in [1.82, 2.24) is 9.88 Å². The van der Waals surface area contributed by atoms with Gasteiger partial charge in [0, 0.05) is 30.2 Å². The van der Waals surface area contributed by atoms with Crippen LogP contribution in [0.2, 0.25) is 5.02 Å². The summed E-state index contributed by atoms with van der Waals surface area (Å²) in [5, 5.41) is 9.90. The second kappa shape index (κ2) is 4.72. The summed E-state index contributed by atoms with van der Waals surface area (Å²) in [6.45, 7) is 2.14. The number of nitrogens with zero attached hydrogens (tertiary/aromatic N) is 2. The molecule has 2 heterocycles. The van der Waals surface area contributed by atoms with Gasteiger partial charge in [-0.2, -0.15) is 0 Å². The van der Waals surface area contributed by atoms with E-state index < -0.39 is 0 Å². The third-order valence-corrected chi connectivity index (χ3v) is 3.22. The maximum absolute atomic E-state index is 9.21. The summed E-state index contributed by atoms with van der Waals surface area (Å²) < 4.78 is 5.44.